The molecular formula is C15H15F2N3O. The summed E-state index contributed by atoms with van der Waals surface area (Å²) in [6, 6.07) is 5.64. The van der Waals surface area contributed by atoms with E-state index < -0.39 is 23.6 Å². The smallest absolute Gasteiger partial charge is 0.239 e. The van der Waals surface area contributed by atoms with Crippen molar-refractivity contribution in [2.24, 2.45) is 5.73 Å². The molecule has 0 unspecified atom stereocenters. The summed E-state index contributed by atoms with van der Waals surface area (Å²) in [6.45, 7) is 1.76. The molecule has 21 heavy (non-hydrogen) atoms. The van der Waals surface area contributed by atoms with E-state index in [1.54, 1.807) is 6.92 Å². The zero-order valence-electron chi connectivity index (χ0n) is 11.4. The summed E-state index contributed by atoms with van der Waals surface area (Å²) in [5.74, 6) is -1.46. The third-order valence-electron chi connectivity index (χ3n) is 3.13. The van der Waals surface area contributed by atoms with Gasteiger partial charge in [0.1, 0.15) is 17.7 Å². The van der Waals surface area contributed by atoms with Crippen molar-refractivity contribution >= 4 is 5.91 Å². The first-order valence-electron chi connectivity index (χ1n) is 6.38. The van der Waals surface area contributed by atoms with Crippen molar-refractivity contribution < 1.29 is 13.6 Å². The number of hydrogen-bond acceptors (Lipinski definition) is 3. The molecule has 0 aliphatic carbocycles. The maximum atomic E-state index is 13.2. The highest BCUT2D eigenvalue weighted by molar-refractivity contribution is 5.81. The lowest BCUT2D eigenvalue weighted by Crippen LogP contribution is -2.35. The molecule has 2 aromatic rings. The number of pyridine rings is 1. The van der Waals surface area contributed by atoms with Crippen molar-refractivity contribution in [1.29, 1.82) is 0 Å². The van der Waals surface area contributed by atoms with Gasteiger partial charge in [-0.15, -0.1) is 0 Å². The van der Waals surface area contributed by atoms with Gasteiger partial charge in [0, 0.05) is 12.2 Å². The maximum Gasteiger partial charge on any atom is 0.239 e. The molecule has 0 saturated carbocycles. The summed E-state index contributed by atoms with van der Waals surface area (Å²) in [4.78, 5) is 15.4. The molecular weight excluding hydrogens is 276 g/mol. The number of nitrogens with zero attached hydrogens (tertiary/aromatic N) is 1. The van der Waals surface area contributed by atoms with Crippen molar-refractivity contribution in [2.75, 3.05) is 0 Å². The van der Waals surface area contributed by atoms with Crippen LogP contribution in [0.15, 0.2) is 42.7 Å². The molecule has 0 saturated heterocycles. The molecule has 4 nitrogen and oxygen atoms in total. The molecule has 0 radical (unpaired) electrons. The van der Waals surface area contributed by atoms with E-state index in [-0.39, 0.29) is 6.04 Å². The molecule has 6 heteroatoms. The van der Waals surface area contributed by atoms with E-state index >= 15 is 0 Å². The molecule has 1 amide bonds. The maximum absolute atomic E-state index is 13.2. The average Bonchev–Trinajstić information content (AvgIpc) is 2.45. The highest BCUT2D eigenvalue weighted by Crippen LogP contribution is 2.20. The average molecular weight is 291 g/mol. The normalized spacial score (nSPS) is 13.7. The Morgan fingerprint density at radius 3 is 2.38 bits per heavy atom. The van der Waals surface area contributed by atoms with Gasteiger partial charge in [0.05, 0.1) is 6.20 Å². The first kappa shape index (κ1) is 15.1. The van der Waals surface area contributed by atoms with Crippen LogP contribution < -0.4 is 11.1 Å². The topological polar surface area (TPSA) is 68.0 Å². The van der Waals surface area contributed by atoms with Crippen molar-refractivity contribution in [3.63, 3.8) is 0 Å². The number of benzene rings is 1. The minimum atomic E-state index is -0.802. The summed E-state index contributed by atoms with van der Waals surface area (Å²) < 4.78 is 26.1. The van der Waals surface area contributed by atoms with E-state index in [0.29, 0.717) is 11.1 Å². The van der Waals surface area contributed by atoms with Crippen LogP contribution in [0.4, 0.5) is 8.78 Å². The molecule has 0 aliphatic heterocycles. The fourth-order valence-electron chi connectivity index (χ4n) is 2.01. The number of aromatic nitrogens is 1. The number of amides is 1. The lowest BCUT2D eigenvalue weighted by molar-refractivity contribution is -0.120. The second-order valence-corrected chi connectivity index (χ2v) is 4.71. The third-order valence-corrected chi connectivity index (χ3v) is 3.13. The molecule has 1 heterocycles. The quantitative estimate of drug-likeness (QED) is 0.887. The Kier molecular flexibility index (Phi) is 4.59. The molecule has 110 valence electrons. The number of primary amides is 1. The molecule has 0 bridgehead atoms. The first-order valence-corrected chi connectivity index (χ1v) is 6.38. The van der Waals surface area contributed by atoms with Crippen LogP contribution in [0.1, 0.15) is 30.1 Å². The van der Waals surface area contributed by atoms with Gasteiger partial charge in [-0.25, -0.2) is 8.78 Å². The lowest BCUT2D eigenvalue weighted by atomic mass is 10.0. The van der Waals surface area contributed by atoms with E-state index in [0.717, 1.165) is 6.20 Å². The van der Waals surface area contributed by atoms with Crippen molar-refractivity contribution in [1.82, 2.24) is 10.3 Å². The van der Waals surface area contributed by atoms with Gasteiger partial charge in [-0.3, -0.25) is 15.1 Å². The van der Waals surface area contributed by atoms with E-state index in [2.05, 4.69) is 10.3 Å². The van der Waals surface area contributed by atoms with Crippen LogP contribution in [0.3, 0.4) is 0 Å². The SMILES string of the molecule is C[C@@H](N[C@@H](C(N)=O)c1ccc(F)cc1)c1cncc(F)c1. The fourth-order valence-corrected chi connectivity index (χ4v) is 2.01. The Morgan fingerprint density at radius 2 is 1.81 bits per heavy atom. The van der Waals surface area contributed by atoms with Crippen molar-refractivity contribution in [3.8, 4) is 0 Å². The van der Waals surface area contributed by atoms with Crippen LogP contribution in [0.5, 0.6) is 0 Å². The van der Waals surface area contributed by atoms with E-state index in [1.807, 2.05) is 0 Å². The third kappa shape index (κ3) is 3.82. The van der Waals surface area contributed by atoms with Crippen LogP contribution in [0.25, 0.3) is 0 Å². The summed E-state index contributed by atoms with van der Waals surface area (Å²) >= 11 is 0. The highest BCUT2D eigenvalue weighted by atomic mass is 19.1. The zero-order chi connectivity index (χ0) is 15.4. The number of rotatable bonds is 5. The number of carbonyl (C=O) groups excluding carboxylic acids is 1. The number of hydrogen-bond donors (Lipinski definition) is 2. The first-order chi connectivity index (χ1) is 9.97. The number of carbonyl (C=O) groups is 1. The molecule has 0 spiro atoms. The number of nitrogens with two attached hydrogens (primary N) is 1. The van der Waals surface area contributed by atoms with Crippen molar-refractivity contribution in [2.45, 2.75) is 19.0 Å². The minimum absolute atomic E-state index is 0.351. The Labute approximate surface area is 121 Å². The summed E-state index contributed by atoms with van der Waals surface area (Å²) in [5.41, 5.74) is 6.51. The minimum Gasteiger partial charge on any atom is -0.368 e. The molecule has 0 aliphatic rings. The molecule has 2 rings (SSSR count). The van der Waals surface area contributed by atoms with Gasteiger partial charge in [-0.2, -0.15) is 0 Å². The van der Waals surface area contributed by atoms with Crippen LogP contribution in [0, 0.1) is 11.6 Å². The number of halogens is 2. The Balaban J connectivity index is 2.20. The molecule has 1 aromatic carbocycles. The second-order valence-electron chi connectivity index (χ2n) is 4.71. The number of nitrogens with one attached hydrogen (secondary N) is 1. The standard InChI is InChI=1S/C15H15F2N3O/c1-9(11-6-13(17)8-19-7-11)20-14(15(18)21)10-2-4-12(16)5-3-10/h2-9,14,20H,1H3,(H2,18,21)/t9-,14-/m1/s1. The summed E-state index contributed by atoms with van der Waals surface area (Å²) in [7, 11) is 0. The predicted molar refractivity (Wildman–Crippen MR) is 74.1 cm³/mol. The molecule has 1 aromatic heterocycles. The van der Waals surface area contributed by atoms with Gasteiger partial charge in [-0.1, -0.05) is 12.1 Å². The van der Waals surface area contributed by atoms with Crippen LogP contribution in [-0.4, -0.2) is 10.9 Å². The summed E-state index contributed by atoms with van der Waals surface area (Å²) in [6.07, 6.45) is 2.60. The Hall–Kier alpha value is -2.34. The fraction of sp³-hybridized carbons (Fsp3) is 0.200. The van der Waals surface area contributed by atoms with Gasteiger partial charge >= 0.3 is 0 Å². The van der Waals surface area contributed by atoms with Gasteiger partial charge in [0.25, 0.3) is 0 Å². The van der Waals surface area contributed by atoms with Gasteiger partial charge in [0.2, 0.25) is 5.91 Å². The lowest BCUT2D eigenvalue weighted by Gasteiger charge is -2.21. The van der Waals surface area contributed by atoms with E-state index in [4.69, 9.17) is 5.73 Å². The Morgan fingerprint density at radius 1 is 1.14 bits per heavy atom. The largest absolute Gasteiger partial charge is 0.368 e. The van der Waals surface area contributed by atoms with Crippen LogP contribution in [0.2, 0.25) is 0 Å². The monoisotopic (exact) mass is 291 g/mol. The van der Waals surface area contributed by atoms with Crippen LogP contribution in [-0.2, 0) is 4.79 Å². The zero-order valence-corrected chi connectivity index (χ0v) is 11.4. The second kappa shape index (κ2) is 6.41. The molecule has 0 fully saturated rings. The van der Waals surface area contributed by atoms with Gasteiger partial charge in [0.15, 0.2) is 0 Å². The highest BCUT2D eigenvalue weighted by Gasteiger charge is 2.21. The van der Waals surface area contributed by atoms with Crippen molar-refractivity contribution in [3.05, 3.63) is 65.5 Å². The van der Waals surface area contributed by atoms with Gasteiger partial charge < -0.3 is 5.73 Å². The Bertz CT molecular complexity index is 631. The van der Waals surface area contributed by atoms with Gasteiger partial charge in [-0.05, 0) is 36.2 Å². The predicted octanol–water partition coefficient (Wildman–Crippen LogP) is 2.24. The van der Waals surface area contributed by atoms with E-state index in [1.165, 1.54) is 36.5 Å². The summed E-state index contributed by atoms with van der Waals surface area (Å²) in [5, 5.41) is 2.99. The van der Waals surface area contributed by atoms with E-state index in [9.17, 15) is 13.6 Å². The molecule has 3 N–H and O–H groups in total. The van der Waals surface area contributed by atoms with Crippen LogP contribution >= 0.6 is 0 Å². The molecule has 2 atom stereocenters.